The van der Waals surface area contributed by atoms with Crippen LogP contribution < -0.4 is 5.32 Å². The molecule has 1 aliphatic rings. The van der Waals surface area contributed by atoms with Crippen molar-refractivity contribution in [3.63, 3.8) is 0 Å². The average molecular weight is 282 g/mol. The minimum Gasteiger partial charge on any atom is -0.481 e. The highest BCUT2D eigenvalue weighted by molar-refractivity contribution is 5.76. The summed E-state index contributed by atoms with van der Waals surface area (Å²) in [5, 5.41) is 11.9. The Bertz CT molecular complexity index is 347. The fourth-order valence-electron chi connectivity index (χ4n) is 2.25. The summed E-state index contributed by atoms with van der Waals surface area (Å²) in [6, 6.07) is -0.234. The molecule has 20 heavy (non-hydrogen) atoms. The van der Waals surface area contributed by atoms with Gasteiger partial charge in [0.2, 0.25) is 0 Å². The molecule has 5 nitrogen and oxygen atoms in total. The van der Waals surface area contributed by atoms with E-state index >= 15 is 0 Å². The van der Waals surface area contributed by atoms with E-state index in [4.69, 9.17) is 5.11 Å². The second-order valence-corrected chi connectivity index (χ2v) is 5.32. The lowest BCUT2D eigenvalue weighted by Gasteiger charge is -2.24. The number of unbranched alkanes of at least 4 members (excludes halogenated alkanes) is 2. The smallest absolute Gasteiger partial charge is 0.317 e. The van der Waals surface area contributed by atoms with Gasteiger partial charge in [0.15, 0.2) is 0 Å². The Morgan fingerprint density at radius 1 is 1.20 bits per heavy atom. The van der Waals surface area contributed by atoms with Crippen molar-refractivity contribution in [1.82, 2.24) is 10.2 Å². The van der Waals surface area contributed by atoms with Crippen LogP contribution in [-0.2, 0) is 4.79 Å². The van der Waals surface area contributed by atoms with E-state index in [-0.39, 0.29) is 12.1 Å². The van der Waals surface area contributed by atoms with Crippen LogP contribution in [0.15, 0.2) is 12.2 Å². The lowest BCUT2D eigenvalue weighted by atomic mass is 10.1. The standard InChI is InChI=1S/C15H26N2O3/c1-3-5-9-17(10-6-4-2)15(20)16-13-8-7-12(11-13)14(18)19/h7-8,12-13H,3-6,9-11H2,1-2H3,(H,16,20)(H,18,19). The summed E-state index contributed by atoms with van der Waals surface area (Å²) in [7, 11) is 0. The highest BCUT2D eigenvalue weighted by atomic mass is 16.4. The largest absolute Gasteiger partial charge is 0.481 e. The van der Waals surface area contributed by atoms with E-state index in [0.717, 1.165) is 38.8 Å². The number of carboxylic acids is 1. The Morgan fingerprint density at radius 2 is 1.80 bits per heavy atom. The molecule has 2 amide bonds. The van der Waals surface area contributed by atoms with E-state index in [1.165, 1.54) is 0 Å². The Labute approximate surface area is 121 Å². The topological polar surface area (TPSA) is 69.6 Å². The molecule has 2 unspecified atom stereocenters. The first-order valence-electron chi connectivity index (χ1n) is 7.55. The first-order valence-corrected chi connectivity index (χ1v) is 7.55. The number of nitrogens with zero attached hydrogens (tertiary/aromatic N) is 1. The van der Waals surface area contributed by atoms with E-state index in [9.17, 15) is 9.59 Å². The van der Waals surface area contributed by atoms with E-state index in [0.29, 0.717) is 6.42 Å². The number of hydrogen-bond acceptors (Lipinski definition) is 2. The Balaban J connectivity index is 2.45. The maximum Gasteiger partial charge on any atom is 0.317 e. The summed E-state index contributed by atoms with van der Waals surface area (Å²) in [6.45, 7) is 5.74. The molecule has 1 rings (SSSR count). The molecule has 0 aromatic carbocycles. The number of amides is 2. The van der Waals surface area contributed by atoms with Gasteiger partial charge < -0.3 is 15.3 Å². The molecule has 0 aromatic heterocycles. The second kappa shape index (κ2) is 8.61. The van der Waals surface area contributed by atoms with E-state index < -0.39 is 11.9 Å². The van der Waals surface area contributed by atoms with Gasteiger partial charge in [-0.3, -0.25) is 4.79 Å². The molecule has 5 heteroatoms. The molecule has 0 spiro atoms. The summed E-state index contributed by atoms with van der Waals surface area (Å²) in [5.41, 5.74) is 0. The zero-order chi connectivity index (χ0) is 15.0. The molecule has 0 aliphatic heterocycles. The van der Waals surface area contributed by atoms with Gasteiger partial charge in [-0.05, 0) is 19.3 Å². The number of nitrogens with one attached hydrogen (secondary N) is 1. The summed E-state index contributed by atoms with van der Waals surface area (Å²) >= 11 is 0. The van der Waals surface area contributed by atoms with Crippen LogP contribution in [0.4, 0.5) is 4.79 Å². The molecule has 114 valence electrons. The molecule has 1 aliphatic carbocycles. The van der Waals surface area contributed by atoms with E-state index in [1.54, 1.807) is 12.2 Å². The molecule has 0 bridgehead atoms. The number of carbonyl (C=O) groups is 2. The summed E-state index contributed by atoms with van der Waals surface area (Å²) < 4.78 is 0. The van der Waals surface area contributed by atoms with Crippen molar-refractivity contribution in [2.75, 3.05) is 13.1 Å². The fourth-order valence-corrected chi connectivity index (χ4v) is 2.25. The van der Waals surface area contributed by atoms with E-state index in [1.807, 2.05) is 4.90 Å². The number of carboxylic acid groups (broad SMARTS) is 1. The third-order valence-electron chi connectivity index (χ3n) is 3.56. The lowest BCUT2D eigenvalue weighted by molar-refractivity contribution is -0.140. The van der Waals surface area contributed by atoms with Crippen LogP contribution in [-0.4, -0.2) is 41.1 Å². The SMILES string of the molecule is CCCCN(CCCC)C(=O)NC1C=CC(C(=O)O)C1. The lowest BCUT2D eigenvalue weighted by Crippen LogP contribution is -2.44. The van der Waals surface area contributed by atoms with Gasteiger partial charge in [0.1, 0.15) is 0 Å². The molecule has 0 radical (unpaired) electrons. The van der Waals surface area contributed by atoms with Gasteiger partial charge >= 0.3 is 12.0 Å². The quantitative estimate of drug-likeness (QED) is 0.672. The summed E-state index contributed by atoms with van der Waals surface area (Å²) in [6.07, 6.45) is 8.01. The highest BCUT2D eigenvalue weighted by Gasteiger charge is 2.26. The maximum absolute atomic E-state index is 12.2. The molecule has 0 fully saturated rings. The van der Waals surface area contributed by atoms with Gasteiger partial charge in [-0.1, -0.05) is 38.8 Å². The monoisotopic (exact) mass is 282 g/mol. The van der Waals surface area contributed by atoms with Crippen molar-refractivity contribution in [1.29, 1.82) is 0 Å². The van der Waals surface area contributed by atoms with Gasteiger partial charge in [-0.15, -0.1) is 0 Å². The zero-order valence-corrected chi connectivity index (χ0v) is 12.5. The molecular weight excluding hydrogens is 256 g/mol. The van der Waals surface area contributed by atoms with Gasteiger partial charge in [0.05, 0.1) is 12.0 Å². The number of carbonyl (C=O) groups excluding carboxylic acids is 1. The Morgan fingerprint density at radius 3 is 2.25 bits per heavy atom. The van der Waals surface area contributed by atoms with Crippen LogP contribution in [0.5, 0.6) is 0 Å². The van der Waals surface area contributed by atoms with Crippen LogP contribution in [0.2, 0.25) is 0 Å². The van der Waals surface area contributed by atoms with Crippen LogP contribution in [0.25, 0.3) is 0 Å². The van der Waals surface area contributed by atoms with Crippen molar-refractivity contribution in [3.05, 3.63) is 12.2 Å². The molecule has 2 atom stereocenters. The van der Waals surface area contributed by atoms with Crippen molar-refractivity contribution in [2.24, 2.45) is 5.92 Å². The van der Waals surface area contributed by atoms with Crippen molar-refractivity contribution in [2.45, 2.75) is 52.0 Å². The fraction of sp³-hybridized carbons (Fsp3) is 0.733. The highest BCUT2D eigenvalue weighted by Crippen LogP contribution is 2.18. The van der Waals surface area contributed by atoms with E-state index in [2.05, 4.69) is 19.2 Å². The first kappa shape index (κ1) is 16.5. The van der Waals surface area contributed by atoms with Crippen molar-refractivity contribution in [3.8, 4) is 0 Å². The van der Waals surface area contributed by atoms with Gasteiger partial charge in [0.25, 0.3) is 0 Å². The average Bonchev–Trinajstić information content (AvgIpc) is 2.87. The maximum atomic E-state index is 12.2. The molecule has 0 heterocycles. The number of aliphatic carboxylic acids is 1. The molecular formula is C15H26N2O3. The predicted molar refractivity (Wildman–Crippen MR) is 78.6 cm³/mol. The minimum absolute atomic E-state index is 0.0763. The number of hydrogen-bond donors (Lipinski definition) is 2. The first-order chi connectivity index (χ1) is 9.58. The normalized spacial score (nSPS) is 20.9. The Hall–Kier alpha value is -1.52. The molecule has 2 N–H and O–H groups in total. The van der Waals surface area contributed by atoms with Crippen LogP contribution in [0, 0.1) is 5.92 Å². The second-order valence-electron chi connectivity index (χ2n) is 5.32. The number of rotatable bonds is 8. The molecule has 0 saturated heterocycles. The van der Waals surface area contributed by atoms with Crippen molar-refractivity contribution >= 4 is 12.0 Å². The van der Waals surface area contributed by atoms with Crippen LogP contribution in [0.3, 0.4) is 0 Å². The van der Waals surface area contributed by atoms with Gasteiger partial charge in [-0.2, -0.15) is 0 Å². The number of urea groups is 1. The third kappa shape index (κ3) is 5.23. The minimum atomic E-state index is -0.827. The van der Waals surface area contributed by atoms with Crippen LogP contribution in [0.1, 0.15) is 46.0 Å². The summed E-state index contributed by atoms with van der Waals surface area (Å²) in [4.78, 5) is 24.9. The third-order valence-corrected chi connectivity index (χ3v) is 3.56. The van der Waals surface area contributed by atoms with Crippen LogP contribution >= 0.6 is 0 Å². The molecule has 0 saturated carbocycles. The molecule has 0 aromatic rings. The zero-order valence-electron chi connectivity index (χ0n) is 12.5. The van der Waals surface area contributed by atoms with Gasteiger partial charge in [0, 0.05) is 13.1 Å². The van der Waals surface area contributed by atoms with Gasteiger partial charge in [-0.25, -0.2) is 4.79 Å². The summed E-state index contributed by atoms with van der Waals surface area (Å²) in [5.74, 6) is -1.30. The Kier molecular flexibility index (Phi) is 7.12. The predicted octanol–water partition coefficient (Wildman–Crippen LogP) is 2.63. The van der Waals surface area contributed by atoms with Crippen molar-refractivity contribution < 1.29 is 14.7 Å².